The lowest BCUT2D eigenvalue weighted by Crippen LogP contribution is -2.17. The first-order valence-corrected chi connectivity index (χ1v) is 4.12. The molecule has 0 N–H and O–H groups in total. The molecular formula is C9H15N. The van der Waals surface area contributed by atoms with E-state index in [1.165, 1.54) is 6.42 Å². The molecule has 1 heteroatoms. The number of nitrogens with zero attached hydrogens (tertiary/aromatic N) is 1. The second-order valence-electron chi connectivity index (χ2n) is 3.74. The minimum atomic E-state index is 0.346. The van der Waals surface area contributed by atoms with Crippen LogP contribution in [0.3, 0.4) is 0 Å². The van der Waals surface area contributed by atoms with Gasteiger partial charge in [-0.05, 0) is 31.1 Å². The zero-order valence-electron chi connectivity index (χ0n) is 6.80. The van der Waals surface area contributed by atoms with Crippen molar-refractivity contribution in [1.82, 2.24) is 0 Å². The van der Waals surface area contributed by atoms with E-state index in [0.29, 0.717) is 5.92 Å². The smallest absolute Gasteiger partial charge is 0.0655 e. The van der Waals surface area contributed by atoms with Crippen LogP contribution in [0.4, 0.5) is 0 Å². The SMILES string of the molecule is CC1CC(C#N)C[C@@H](C)C1. The molecule has 0 heterocycles. The zero-order valence-corrected chi connectivity index (χ0v) is 6.80. The maximum Gasteiger partial charge on any atom is 0.0655 e. The van der Waals surface area contributed by atoms with Crippen molar-refractivity contribution in [2.45, 2.75) is 33.1 Å². The Morgan fingerprint density at radius 2 is 1.60 bits per heavy atom. The Labute approximate surface area is 63.0 Å². The Morgan fingerprint density at radius 1 is 1.10 bits per heavy atom. The Balaban J connectivity index is 2.44. The van der Waals surface area contributed by atoms with Crippen LogP contribution in [0.1, 0.15) is 33.1 Å². The highest BCUT2D eigenvalue weighted by Crippen LogP contribution is 2.31. The molecule has 0 aromatic rings. The fraction of sp³-hybridized carbons (Fsp3) is 0.889. The number of rotatable bonds is 0. The largest absolute Gasteiger partial charge is 0.198 e. The van der Waals surface area contributed by atoms with Crippen LogP contribution in [-0.4, -0.2) is 0 Å². The Bertz CT molecular complexity index is 135. The van der Waals surface area contributed by atoms with Gasteiger partial charge in [-0.15, -0.1) is 0 Å². The Morgan fingerprint density at radius 3 is 2.00 bits per heavy atom. The molecular weight excluding hydrogens is 122 g/mol. The molecule has 0 aliphatic heterocycles. The molecule has 1 saturated carbocycles. The predicted molar refractivity (Wildman–Crippen MR) is 41.3 cm³/mol. The molecule has 56 valence electrons. The standard InChI is InChI=1S/C9H15N/c1-7-3-8(2)5-9(4-7)6-10/h7-9H,3-5H2,1-2H3/t7-,8?,9?/m0/s1. The van der Waals surface area contributed by atoms with Gasteiger partial charge in [-0.25, -0.2) is 0 Å². The molecule has 0 saturated heterocycles. The number of nitriles is 1. The van der Waals surface area contributed by atoms with Crippen LogP contribution in [0.25, 0.3) is 0 Å². The minimum Gasteiger partial charge on any atom is -0.198 e. The van der Waals surface area contributed by atoms with Crippen LogP contribution in [0, 0.1) is 29.1 Å². The van der Waals surface area contributed by atoms with Gasteiger partial charge in [0.1, 0.15) is 0 Å². The van der Waals surface area contributed by atoms with Gasteiger partial charge < -0.3 is 0 Å². The molecule has 3 atom stereocenters. The second-order valence-corrected chi connectivity index (χ2v) is 3.74. The normalized spacial score (nSPS) is 40.7. The van der Waals surface area contributed by atoms with Gasteiger partial charge in [-0.3, -0.25) is 0 Å². The number of hydrogen-bond donors (Lipinski definition) is 0. The van der Waals surface area contributed by atoms with Gasteiger partial charge in [0, 0.05) is 5.92 Å². The highest BCUT2D eigenvalue weighted by Gasteiger charge is 2.22. The average molecular weight is 137 g/mol. The van der Waals surface area contributed by atoms with Gasteiger partial charge in [0.2, 0.25) is 0 Å². The average Bonchev–Trinajstić information content (AvgIpc) is 1.85. The molecule has 10 heavy (non-hydrogen) atoms. The fourth-order valence-corrected chi connectivity index (χ4v) is 2.05. The zero-order chi connectivity index (χ0) is 7.56. The molecule has 0 bridgehead atoms. The number of hydrogen-bond acceptors (Lipinski definition) is 1. The summed E-state index contributed by atoms with van der Waals surface area (Å²) in [6, 6.07) is 2.36. The summed E-state index contributed by atoms with van der Waals surface area (Å²) in [5, 5.41) is 8.68. The van der Waals surface area contributed by atoms with Crippen LogP contribution < -0.4 is 0 Å². The second kappa shape index (κ2) is 3.05. The predicted octanol–water partition coefficient (Wildman–Crippen LogP) is 2.58. The van der Waals surface area contributed by atoms with Crippen molar-refractivity contribution in [3.05, 3.63) is 0 Å². The third-order valence-electron chi connectivity index (χ3n) is 2.36. The van der Waals surface area contributed by atoms with E-state index in [2.05, 4.69) is 19.9 Å². The highest BCUT2D eigenvalue weighted by atomic mass is 14.3. The Kier molecular flexibility index (Phi) is 2.32. The summed E-state index contributed by atoms with van der Waals surface area (Å²) in [6.07, 6.45) is 3.57. The molecule has 1 nitrogen and oxygen atoms in total. The van der Waals surface area contributed by atoms with E-state index in [4.69, 9.17) is 5.26 Å². The molecule has 0 spiro atoms. The molecule has 0 aromatic heterocycles. The van der Waals surface area contributed by atoms with Crippen molar-refractivity contribution < 1.29 is 0 Å². The van der Waals surface area contributed by atoms with Gasteiger partial charge in [0.05, 0.1) is 6.07 Å². The van der Waals surface area contributed by atoms with E-state index in [-0.39, 0.29) is 0 Å². The van der Waals surface area contributed by atoms with Crippen LogP contribution in [0.5, 0.6) is 0 Å². The van der Waals surface area contributed by atoms with Crippen molar-refractivity contribution in [2.24, 2.45) is 17.8 Å². The quantitative estimate of drug-likeness (QED) is 0.503. The van der Waals surface area contributed by atoms with E-state index >= 15 is 0 Å². The minimum absolute atomic E-state index is 0.346. The van der Waals surface area contributed by atoms with Gasteiger partial charge in [-0.2, -0.15) is 5.26 Å². The van der Waals surface area contributed by atoms with E-state index in [1.807, 2.05) is 0 Å². The summed E-state index contributed by atoms with van der Waals surface area (Å²) in [7, 11) is 0. The van der Waals surface area contributed by atoms with Crippen molar-refractivity contribution in [2.75, 3.05) is 0 Å². The summed E-state index contributed by atoms with van der Waals surface area (Å²) in [4.78, 5) is 0. The molecule has 0 aromatic carbocycles. The maximum absolute atomic E-state index is 8.68. The summed E-state index contributed by atoms with van der Waals surface area (Å²) in [6.45, 7) is 4.50. The third-order valence-corrected chi connectivity index (χ3v) is 2.36. The molecule has 0 radical (unpaired) electrons. The van der Waals surface area contributed by atoms with Crippen LogP contribution in [-0.2, 0) is 0 Å². The molecule has 1 fully saturated rings. The maximum atomic E-state index is 8.68. The van der Waals surface area contributed by atoms with Crippen molar-refractivity contribution in [3.63, 3.8) is 0 Å². The van der Waals surface area contributed by atoms with Crippen molar-refractivity contribution in [3.8, 4) is 6.07 Å². The van der Waals surface area contributed by atoms with Crippen LogP contribution >= 0.6 is 0 Å². The third kappa shape index (κ3) is 1.73. The van der Waals surface area contributed by atoms with Crippen molar-refractivity contribution in [1.29, 1.82) is 5.26 Å². The lowest BCUT2D eigenvalue weighted by Gasteiger charge is -2.26. The lowest BCUT2D eigenvalue weighted by molar-refractivity contribution is 0.257. The van der Waals surface area contributed by atoms with Crippen LogP contribution in [0.15, 0.2) is 0 Å². The van der Waals surface area contributed by atoms with Crippen molar-refractivity contribution >= 4 is 0 Å². The molecule has 1 aliphatic rings. The molecule has 1 rings (SSSR count). The lowest BCUT2D eigenvalue weighted by atomic mass is 9.77. The monoisotopic (exact) mass is 137 g/mol. The van der Waals surface area contributed by atoms with Gasteiger partial charge >= 0.3 is 0 Å². The molecule has 2 unspecified atom stereocenters. The summed E-state index contributed by atoms with van der Waals surface area (Å²) in [5.74, 6) is 1.89. The van der Waals surface area contributed by atoms with Crippen LogP contribution in [0.2, 0.25) is 0 Å². The van der Waals surface area contributed by atoms with Gasteiger partial charge in [0.25, 0.3) is 0 Å². The van der Waals surface area contributed by atoms with E-state index in [9.17, 15) is 0 Å². The van der Waals surface area contributed by atoms with E-state index in [0.717, 1.165) is 24.7 Å². The van der Waals surface area contributed by atoms with Gasteiger partial charge in [0.15, 0.2) is 0 Å². The first kappa shape index (κ1) is 7.60. The molecule has 0 amide bonds. The molecule has 1 aliphatic carbocycles. The van der Waals surface area contributed by atoms with E-state index in [1.54, 1.807) is 0 Å². The summed E-state index contributed by atoms with van der Waals surface area (Å²) >= 11 is 0. The fourth-order valence-electron chi connectivity index (χ4n) is 2.05. The Hall–Kier alpha value is -0.510. The van der Waals surface area contributed by atoms with E-state index < -0.39 is 0 Å². The summed E-state index contributed by atoms with van der Waals surface area (Å²) < 4.78 is 0. The first-order chi connectivity index (χ1) is 4.72. The van der Waals surface area contributed by atoms with Gasteiger partial charge in [-0.1, -0.05) is 13.8 Å². The topological polar surface area (TPSA) is 23.8 Å². The summed E-state index contributed by atoms with van der Waals surface area (Å²) in [5.41, 5.74) is 0. The highest BCUT2D eigenvalue weighted by molar-refractivity contribution is 4.88. The first-order valence-electron chi connectivity index (χ1n) is 4.12.